The summed E-state index contributed by atoms with van der Waals surface area (Å²) >= 11 is 0. The summed E-state index contributed by atoms with van der Waals surface area (Å²) in [7, 11) is 0. The van der Waals surface area contributed by atoms with Crippen LogP contribution in [0.25, 0.3) is 5.65 Å². The Kier molecular flexibility index (Phi) is 7.77. The van der Waals surface area contributed by atoms with E-state index in [-0.39, 0.29) is 41.6 Å². The Labute approximate surface area is 193 Å². The number of amides is 1. The van der Waals surface area contributed by atoms with E-state index in [4.69, 9.17) is 14.2 Å². The van der Waals surface area contributed by atoms with Crippen molar-refractivity contribution in [1.29, 1.82) is 0 Å². The lowest BCUT2D eigenvalue weighted by atomic mass is 10.2. The first-order valence-corrected chi connectivity index (χ1v) is 10.5. The van der Waals surface area contributed by atoms with Gasteiger partial charge >= 0.3 is 11.9 Å². The number of hydrogen-bond donors (Lipinski definition) is 1. The first-order chi connectivity index (χ1) is 16.3. The van der Waals surface area contributed by atoms with Gasteiger partial charge in [0.2, 0.25) is 6.04 Å². The van der Waals surface area contributed by atoms with E-state index >= 15 is 0 Å². The molecule has 2 heterocycles. The standard InChI is InChI=1S/C23H23F2N3O6/c1-4-32-22(30)18(23(31)33-5-2)27-21(29)19-13(3)26-20-17(10-7-11-28(19)20)34-12-14-15(24)8-6-9-16(14)25/h6-11,18H,4-5,12H2,1-3H3,(H,27,29). The molecule has 34 heavy (non-hydrogen) atoms. The quantitative estimate of drug-likeness (QED) is 0.375. The van der Waals surface area contributed by atoms with Crippen LogP contribution in [0.15, 0.2) is 36.5 Å². The maximum Gasteiger partial charge on any atom is 0.340 e. The minimum absolute atomic E-state index is 0.00253. The van der Waals surface area contributed by atoms with Crippen molar-refractivity contribution in [1.82, 2.24) is 14.7 Å². The molecule has 0 bridgehead atoms. The molecule has 0 saturated carbocycles. The zero-order valence-electron chi connectivity index (χ0n) is 18.8. The van der Waals surface area contributed by atoms with Gasteiger partial charge in [-0.3, -0.25) is 9.20 Å². The minimum Gasteiger partial charge on any atom is -0.485 e. The van der Waals surface area contributed by atoms with Gasteiger partial charge in [0.15, 0.2) is 11.4 Å². The van der Waals surface area contributed by atoms with Gasteiger partial charge < -0.3 is 19.5 Å². The Hall–Kier alpha value is -4.02. The molecule has 3 aromatic rings. The van der Waals surface area contributed by atoms with Crippen LogP contribution >= 0.6 is 0 Å². The number of carbonyl (C=O) groups is 3. The summed E-state index contributed by atoms with van der Waals surface area (Å²) in [5.74, 6) is -4.05. The Balaban J connectivity index is 1.90. The van der Waals surface area contributed by atoms with E-state index in [1.807, 2.05) is 0 Å². The lowest BCUT2D eigenvalue weighted by Crippen LogP contribution is -2.48. The Morgan fingerprint density at radius 1 is 1.03 bits per heavy atom. The van der Waals surface area contributed by atoms with Gasteiger partial charge in [-0.2, -0.15) is 0 Å². The molecule has 1 N–H and O–H groups in total. The third-order valence-corrected chi connectivity index (χ3v) is 4.76. The number of carbonyl (C=O) groups excluding carboxylic acids is 3. The minimum atomic E-state index is -1.67. The highest BCUT2D eigenvalue weighted by Crippen LogP contribution is 2.24. The lowest BCUT2D eigenvalue weighted by molar-refractivity contribution is -0.157. The number of rotatable bonds is 9. The smallest absolute Gasteiger partial charge is 0.340 e. The second-order valence-corrected chi connectivity index (χ2v) is 7.01. The fourth-order valence-corrected chi connectivity index (χ4v) is 3.23. The SMILES string of the molecule is CCOC(=O)C(NC(=O)c1c(C)nc2c(OCc3c(F)cccc3F)cccn12)C(=O)OCC. The number of aromatic nitrogens is 2. The van der Waals surface area contributed by atoms with E-state index in [1.165, 1.54) is 22.7 Å². The molecule has 9 nitrogen and oxygen atoms in total. The van der Waals surface area contributed by atoms with Crippen LogP contribution in [0, 0.1) is 18.6 Å². The Morgan fingerprint density at radius 2 is 1.65 bits per heavy atom. The molecular formula is C23H23F2N3O6. The molecule has 0 fully saturated rings. The summed E-state index contributed by atoms with van der Waals surface area (Å²) in [5, 5.41) is 2.32. The molecule has 0 unspecified atom stereocenters. The van der Waals surface area contributed by atoms with Crippen molar-refractivity contribution in [3.63, 3.8) is 0 Å². The summed E-state index contributed by atoms with van der Waals surface area (Å²) in [5.41, 5.74) is 0.233. The summed E-state index contributed by atoms with van der Waals surface area (Å²) < 4.78 is 44.6. The molecule has 1 aromatic carbocycles. The highest BCUT2D eigenvalue weighted by Gasteiger charge is 2.33. The van der Waals surface area contributed by atoms with Gasteiger partial charge in [-0.25, -0.2) is 23.4 Å². The van der Waals surface area contributed by atoms with Gasteiger partial charge in [0.1, 0.15) is 23.9 Å². The zero-order valence-corrected chi connectivity index (χ0v) is 18.8. The predicted octanol–water partition coefficient (Wildman–Crippen LogP) is 2.72. The van der Waals surface area contributed by atoms with Crippen molar-refractivity contribution >= 4 is 23.5 Å². The molecule has 0 aliphatic carbocycles. The van der Waals surface area contributed by atoms with Gasteiger partial charge in [0, 0.05) is 6.20 Å². The maximum absolute atomic E-state index is 13.9. The number of nitrogens with one attached hydrogen (secondary N) is 1. The first-order valence-electron chi connectivity index (χ1n) is 10.5. The molecule has 11 heteroatoms. The van der Waals surface area contributed by atoms with Crippen molar-refractivity contribution in [2.45, 2.75) is 33.4 Å². The monoisotopic (exact) mass is 475 g/mol. The molecule has 0 aliphatic rings. The average molecular weight is 475 g/mol. The zero-order chi connectivity index (χ0) is 24.8. The molecule has 1 amide bonds. The summed E-state index contributed by atoms with van der Waals surface area (Å²) in [6.45, 7) is 4.27. The van der Waals surface area contributed by atoms with E-state index in [2.05, 4.69) is 10.3 Å². The van der Waals surface area contributed by atoms with Gasteiger partial charge in [-0.1, -0.05) is 6.07 Å². The van der Waals surface area contributed by atoms with Gasteiger partial charge in [-0.05, 0) is 45.0 Å². The number of esters is 2. The third kappa shape index (κ3) is 5.13. The Morgan fingerprint density at radius 3 is 2.24 bits per heavy atom. The number of pyridine rings is 1. The second kappa shape index (κ2) is 10.7. The molecule has 3 rings (SSSR count). The van der Waals surface area contributed by atoms with Crippen LogP contribution in [0.5, 0.6) is 5.75 Å². The summed E-state index contributed by atoms with van der Waals surface area (Å²) in [4.78, 5) is 41.7. The second-order valence-electron chi connectivity index (χ2n) is 7.01. The van der Waals surface area contributed by atoms with Crippen molar-refractivity contribution in [3.05, 3.63) is 65.1 Å². The van der Waals surface area contributed by atoms with Gasteiger partial charge in [-0.15, -0.1) is 0 Å². The molecule has 0 spiro atoms. The largest absolute Gasteiger partial charge is 0.485 e. The summed E-state index contributed by atoms with van der Waals surface area (Å²) in [6.07, 6.45) is 1.52. The molecule has 0 atom stereocenters. The van der Waals surface area contributed by atoms with E-state index < -0.39 is 42.1 Å². The van der Waals surface area contributed by atoms with E-state index in [0.29, 0.717) is 0 Å². The van der Waals surface area contributed by atoms with E-state index in [0.717, 1.165) is 12.1 Å². The maximum atomic E-state index is 13.9. The molecule has 2 aromatic heterocycles. The van der Waals surface area contributed by atoms with E-state index in [9.17, 15) is 23.2 Å². The van der Waals surface area contributed by atoms with Crippen LogP contribution in [0.2, 0.25) is 0 Å². The number of nitrogens with zero attached hydrogens (tertiary/aromatic N) is 2. The number of aryl methyl sites for hydroxylation is 1. The Bertz CT molecular complexity index is 1190. The molecule has 0 saturated heterocycles. The fourth-order valence-electron chi connectivity index (χ4n) is 3.23. The van der Waals surface area contributed by atoms with E-state index in [1.54, 1.807) is 26.8 Å². The number of benzene rings is 1. The summed E-state index contributed by atoms with van der Waals surface area (Å²) in [6, 6.07) is 4.90. The first kappa shape index (κ1) is 24.6. The van der Waals surface area contributed by atoms with Crippen LogP contribution in [-0.4, -0.2) is 46.5 Å². The molecule has 0 radical (unpaired) electrons. The van der Waals surface area contributed by atoms with Crippen LogP contribution in [-0.2, 0) is 25.7 Å². The number of ether oxygens (including phenoxy) is 3. The van der Waals surface area contributed by atoms with Crippen LogP contribution in [0.3, 0.4) is 0 Å². The van der Waals surface area contributed by atoms with Crippen LogP contribution in [0.4, 0.5) is 8.78 Å². The molecular weight excluding hydrogens is 452 g/mol. The molecule has 0 aliphatic heterocycles. The normalized spacial score (nSPS) is 10.9. The fraction of sp³-hybridized carbons (Fsp3) is 0.304. The van der Waals surface area contributed by atoms with Crippen LogP contribution < -0.4 is 10.1 Å². The van der Waals surface area contributed by atoms with Crippen molar-refractivity contribution in [3.8, 4) is 5.75 Å². The van der Waals surface area contributed by atoms with Gasteiger partial charge in [0.05, 0.1) is 24.5 Å². The highest BCUT2D eigenvalue weighted by molar-refractivity contribution is 6.05. The number of fused-ring (bicyclic) bond motifs is 1. The third-order valence-electron chi connectivity index (χ3n) is 4.76. The molecule has 180 valence electrons. The van der Waals surface area contributed by atoms with Crippen LogP contribution in [0.1, 0.15) is 35.6 Å². The van der Waals surface area contributed by atoms with Gasteiger partial charge in [0.25, 0.3) is 5.91 Å². The topological polar surface area (TPSA) is 108 Å². The predicted molar refractivity (Wildman–Crippen MR) is 115 cm³/mol. The number of imidazole rings is 1. The highest BCUT2D eigenvalue weighted by atomic mass is 19.1. The number of hydrogen-bond acceptors (Lipinski definition) is 7. The number of halogens is 2. The van der Waals surface area contributed by atoms with Crippen molar-refractivity contribution in [2.75, 3.05) is 13.2 Å². The van der Waals surface area contributed by atoms with Crippen molar-refractivity contribution < 1.29 is 37.4 Å². The van der Waals surface area contributed by atoms with Crippen molar-refractivity contribution in [2.24, 2.45) is 0 Å². The lowest BCUT2D eigenvalue weighted by Gasteiger charge is -2.16. The average Bonchev–Trinajstić information content (AvgIpc) is 3.13.